The van der Waals surface area contributed by atoms with Gasteiger partial charge in [0.2, 0.25) is 0 Å². The third kappa shape index (κ3) is 4.64. The van der Waals surface area contributed by atoms with Gasteiger partial charge in [0.15, 0.2) is 11.5 Å². The predicted molar refractivity (Wildman–Crippen MR) is 105 cm³/mol. The van der Waals surface area contributed by atoms with Crippen molar-refractivity contribution in [2.45, 2.75) is 13.0 Å². The van der Waals surface area contributed by atoms with Crippen molar-refractivity contribution in [3.63, 3.8) is 0 Å². The van der Waals surface area contributed by atoms with Crippen molar-refractivity contribution in [3.05, 3.63) is 65.7 Å². The molecule has 0 bridgehead atoms. The summed E-state index contributed by atoms with van der Waals surface area (Å²) >= 11 is 0. The smallest absolute Gasteiger partial charge is 0.255 e. The van der Waals surface area contributed by atoms with Gasteiger partial charge in [-0.2, -0.15) is 0 Å². The summed E-state index contributed by atoms with van der Waals surface area (Å²) in [7, 11) is 7.13. The summed E-state index contributed by atoms with van der Waals surface area (Å²) in [5.74, 6) is 0.956. The highest BCUT2D eigenvalue weighted by atomic mass is 16.5. The van der Waals surface area contributed by atoms with E-state index >= 15 is 0 Å². The van der Waals surface area contributed by atoms with Crippen molar-refractivity contribution < 1.29 is 14.3 Å². The molecular weight excluding hydrogens is 328 g/mol. The minimum atomic E-state index is -0.192. The second-order valence-electron chi connectivity index (χ2n) is 6.21. The summed E-state index contributed by atoms with van der Waals surface area (Å²) in [6.07, 6.45) is 2.35. The molecule has 2 aromatic carbocycles. The maximum absolute atomic E-state index is 12.8. The van der Waals surface area contributed by atoms with Gasteiger partial charge in [0.1, 0.15) is 0 Å². The molecular formula is C21H26N2O3. The Labute approximate surface area is 155 Å². The maximum atomic E-state index is 12.8. The number of carbonyl (C=O) groups excluding carboxylic acids is 1. The number of benzene rings is 2. The first-order chi connectivity index (χ1) is 12.5. The molecule has 0 aliphatic rings. The summed E-state index contributed by atoms with van der Waals surface area (Å²) < 4.78 is 10.8. The van der Waals surface area contributed by atoms with Gasteiger partial charge in [-0.1, -0.05) is 24.3 Å². The van der Waals surface area contributed by atoms with Gasteiger partial charge in [-0.3, -0.25) is 4.79 Å². The van der Waals surface area contributed by atoms with Gasteiger partial charge < -0.3 is 19.7 Å². The van der Waals surface area contributed by atoms with Crippen LogP contribution in [-0.2, 0) is 13.0 Å². The predicted octanol–water partition coefficient (Wildman–Crippen LogP) is 3.75. The van der Waals surface area contributed by atoms with E-state index in [1.807, 2.05) is 44.4 Å². The van der Waals surface area contributed by atoms with Crippen LogP contribution in [0.25, 0.3) is 0 Å². The topological polar surface area (TPSA) is 50.8 Å². The number of rotatable bonds is 8. The third-order valence-electron chi connectivity index (χ3n) is 3.93. The fourth-order valence-electron chi connectivity index (χ4n) is 2.80. The fourth-order valence-corrected chi connectivity index (χ4v) is 2.80. The van der Waals surface area contributed by atoms with E-state index in [0.29, 0.717) is 23.5 Å². The number of para-hydroxylation sites is 1. The van der Waals surface area contributed by atoms with E-state index in [1.54, 1.807) is 26.4 Å². The number of hydrogen-bond donors (Lipinski definition) is 1. The molecule has 0 saturated heterocycles. The zero-order valence-electron chi connectivity index (χ0n) is 15.8. The molecule has 0 aliphatic carbocycles. The second kappa shape index (κ2) is 9.06. The molecule has 1 N–H and O–H groups in total. The average Bonchev–Trinajstić information content (AvgIpc) is 2.62. The highest BCUT2D eigenvalue weighted by Gasteiger charge is 2.16. The molecule has 138 valence electrons. The van der Waals surface area contributed by atoms with Crippen molar-refractivity contribution in [1.29, 1.82) is 0 Å². The average molecular weight is 354 g/mol. The molecule has 0 fully saturated rings. The Bertz CT molecular complexity index is 785. The molecule has 1 amide bonds. The van der Waals surface area contributed by atoms with Crippen LogP contribution in [0.15, 0.2) is 49.1 Å². The van der Waals surface area contributed by atoms with Crippen LogP contribution in [0.2, 0.25) is 0 Å². The number of hydrogen-bond acceptors (Lipinski definition) is 4. The van der Waals surface area contributed by atoms with Gasteiger partial charge in [0, 0.05) is 23.4 Å². The lowest BCUT2D eigenvalue weighted by Gasteiger charge is -2.16. The normalized spacial score (nSPS) is 10.5. The summed E-state index contributed by atoms with van der Waals surface area (Å²) in [5.41, 5.74) is 3.22. The number of nitrogens with zero attached hydrogens (tertiary/aromatic N) is 1. The number of nitrogens with one attached hydrogen (secondary N) is 1. The maximum Gasteiger partial charge on any atom is 0.255 e. The van der Waals surface area contributed by atoms with Crippen LogP contribution in [-0.4, -0.2) is 39.1 Å². The number of ether oxygens (including phenoxy) is 2. The Balaban J connectivity index is 2.36. The van der Waals surface area contributed by atoms with E-state index in [1.165, 1.54) is 0 Å². The van der Waals surface area contributed by atoms with Crippen LogP contribution in [0.4, 0.5) is 5.69 Å². The molecule has 0 heterocycles. The SMILES string of the molecule is C=CCc1cc(C(=O)Nc2ccccc2CN(C)C)cc(OC)c1OC. The molecule has 2 aromatic rings. The fraction of sp³-hybridized carbons (Fsp3) is 0.286. The lowest BCUT2D eigenvalue weighted by Crippen LogP contribution is -2.17. The van der Waals surface area contributed by atoms with Crippen molar-refractivity contribution in [2.24, 2.45) is 0 Å². The number of anilines is 1. The zero-order valence-corrected chi connectivity index (χ0v) is 15.8. The Hall–Kier alpha value is -2.79. The van der Waals surface area contributed by atoms with E-state index in [0.717, 1.165) is 23.4 Å². The zero-order chi connectivity index (χ0) is 19.1. The molecule has 5 nitrogen and oxygen atoms in total. The van der Waals surface area contributed by atoms with Crippen LogP contribution in [0.5, 0.6) is 11.5 Å². The number of allylic oxidation sites excluding steroid dienone is 1. The van der Waals surface area contributed by atoms with Crippen LogP contribution in [0, 0.1) is 0 Å². The number of amides is 1. The van der Waals surface area contributed by atoms with Gasteiger partial charge in [-0.05, 0) is 44.3 Å². The van der Waals surface area contributed by atoms with Gasteiger partial charge >= 0.3 is 0 Å². The summed E-state index contributed by atoms with van der Waals surface area (Å²) in [5, 5.41) is 3.00. The van der Waals surface area contributed by atoms with Crippen LogP contribution in [0.3, 0.4) is 0 Å². The van der Waals surface area contributed by atoms with Crippen LogP contribution in [0.1, 0.15) is 21.5 Å². The molecule has 26 heavy (non-hydrogen) atoms. The van der Waals surface area contributed by atoms with Crippen LogP contribution < -0.4 is 14.8 Å². The minimum Gasteiger partial charge on any atom is -0.493 e. The van der Waals surface area contributed by atoms with Gasteiger partial charge in [0.25, 0.3) is 5.91 Å². The minimum absolute atomic E-state index is 0.192. The summed E-state index contributed by atoms with van der Waals surface area (Å²) in [6.45, 7) is 4.51. The van der Waals surface area contributed by atoms with E-state index < -0.39 is 0 Å². The lowest BCUT2D eigenvalue weighted by atomic mass is 10.0. The Kier molecular flexibility index (Phi) is 6.81. The van der Waals surface area contributed by atoms with E-state index in [9.17, 15) is 4.79 Å². The van der Waals surface area contributed by atoms with Gasteiger partial charge in [-0.25, -0.2) is 0 Å². The summed E-state index contributed by atoms with van der Waals surface area (Å²) in [6, 6.07) is 11.3. The molecule has 2 rings (SSSR count). The molecule has 0 aliphatic heterocycles. The summed E-state index contributed by atoms with van der Waals surface area (Å²) in [4.78, 5) is 14.9. The number of carbonyl (C=O) groups is 1. The van der Waals surface area contributed by atoms with E-state index in [-0.39, 0.29) is 5.91 Å². The largest absolute Gasteiger partial charge is 0.493 e. The third-order valence-corrected chi connectivity index (χ3v) is 3.93. The molecule has 0 radical (unpaired) electrons. The second-order valence-corrected chi connectivity index (χ2v) is 6.21. The van der Waals surface area contributed by atoms with Gasteiger partial charge in [-0.15, -0.1) is 6.58 Å². The first-order valence-corrected chi connectivity index (χ1v) is 8.40. The molecule has 0 atom stereocenters. The van der Waals surface area contributed by atoms with Crippen molar-refractivity contribution >= 4 is 11.6 Å². The van der Waals surface area contributed by atoms with E-state index in [2.05, 4.69) is 16.8 Å². The molecule has 5 heteroatoms. The van der Waals surface area contributed by atoms with Crippen molar-refractivity contribution in [2.75, 3.05) is 33.6 Å². The standard InChI is InChI=1S/C21H26N2O3/c1-6-9-15-12-17(13-19(25-4)20(15)26-5)21(24)22-18-11-8-7-10-16(18)14-23(2)3/h6-8,10-13H,1,9,14H2,2-5H3,(H,22,24). The first kappa shape index (κ1) is 19.5. The highest BCUT2D eigenvalue weighted by Crippen LogP contribution is 2.33. The van der Waals surface area contributed by atoms with Gasteiger partial charge in [0.05, 0.1) is 14.2 Å². The highest BCUT2D eigenvalue weighted by molar-refractivity contribution is 6.05. The molecule has 0 spiro atoms. The Morgan fingerprint density at radius 3 is 2.50 bits per heavy atom. The van der Waals surface area contributed by atoms with E-state index in [4.69, 9.17) is 9.47 Å². The molecule has 0 saturated carbocycles. The Morgan fingerprint density at radius 1 is 1.15 bits per heavy atom. The Morgan fingerprint density at radius 2 is 1.88 bits per heavy atom. The molecule has 0 aromatic heterocycles. The number of methoxy groups -OCH3 is 2. The van der Waals surface area contributed by atoms with Crippen LogP contribution >= 0.6 is 0 Å². The van der Waals surface area contributed by atoms with Crippen molar-refractivity contribution in [3.8, 4) is 11.5 Å². The monoisotopic (exact) mass is 354 g/mol. The quantitative estimate of drug-likeness (QED) is 0.734. The molecule has 0 unspecified atom stereocenters. The first-order valence-electron chi connectivity index (χ1n) is 8.40. The van der Waals surface area contributed by atoms with Crippen molar-refractivity contribution in [1.82, 2.24) is 4.90 Å². The lowest BCUT2D eigenvalue weighted by molar-refractivity contribution is 0.102.